The van der Waals surface area contributed by atoms with Crippen molar-refractivity contribution in [3.8, 4) is 0 Å². The minimum absolute atomic E-state index is 0.0628. The van der Waals surface area contributed by atoms with Crippen molar-refractivity contribution < 1.29 is 4.79 Å². The first-order valence-corrected chi connectivity index (χ1v) is 9.15. The summed E-state index contributed by atoms with van der Waals surface area (Å²) in [7, 11) is 0. The molecule has 0 aliphatic heterocycles. The van der Waals surface area contributed by atoms with Crippen LogP contribution in [0.15, 0.2) is 54.6 Å². The number of H-pyrrole nitrogens is 1. The van der Waals surface area contributed by atoms with Crippen LogP contribution >= 0.6 is 11.3 Å². The van der Waals surface area contributed by atoms with Gasteiger partial charge in [0.15, 0.2) is 0 Å². The molecule has 25 heavy (non-hydrogen) atoms. The van der Waals surface area contributed by atoms with Crippen molar-refractivity contribution in [1.82, 2.24) is 4.98 Å². The van der Waals surface area contributed by atoms with E-state index < -0.39 is 0 Å². The van der Waals surface area contributed by atoms with Gasteiger partial charge in [-0.25, -0.2) is 0 Å². The van der Waals surface area contributed by atoms with E-state index in [9.17, 15) is 4.79 Å². The van der Waals surface area contributed by atoms with Gasteiger partial charge in [-0.3, -0.25) is 4.79 Å². The Kier molecular flexibility index (Phi) is 3.65. The van der Waals surface area contributed by atoms with Gasteiger partial charge in [0, 0.05) is 32.4 Å². The molecule has 2 N–H and O–H groups in total. The highest BCUT2D eigenvalue weighted by Gasteiger charge is 2.16. The second kappa shape index (κ2) is 5.74. The molecule has 2 heterocycles. The van der Waals surface area contributed by atoms with Crippen LogP contribution in [-0.4, -0.2) is 10.9 Å². The summed E-state index contributed by atoms with van der Waals surface area (Å²) >= 11 is 1.52. The molecule has 0 radical (unpaired) electrons. The van der Waals surface area contributed by atoms with E-state index in [1.165, 1.54) is 17.0 Å². The molecule has 2 aromatic heterocycles. The maximum Gasteiger partial charge on any atom is 0.265 e. The third-order valence-corrected chi connectivity index (χ3v) is 5.45. The van der Waals surface area contributed by atoms with Crippen molar-refractivity contribution in [3.05, 3.63) is 65.2 Å². The second-order valence-corrected chi connectivity index (χ2v) is 8.42. The first kappa shape index (κ1) is 15.9. The van der Waals surface area contributed by atoms with E-state index in [4.69, 9.17) is 0 Å². The Morgan fingerprint density at radius 1 is 1.00 bits per heavy atom. The highest BCUT2D eigenvalue weighted by Crippen LogP contribution is 2.29. The summed E-state index contributed by atoms with van der Waals surface area (Å²) in [4.78, 5) is 16.8. The number of benzene rings is 2. The Bertz CT molecular complexity index is 1050. The number of carbonyl (C=O) groups is 1. The van der Waals surface area contributed by atoms with Crippen LogP contribution in [0.1, 0.15) is 36.1 Å². The number of fused-ring (bicyclic) bond motifs is 2. The average Bonchev–Trinajstić information content (AvgIpc) is 3.18. The van der Waals surface area contributed by atoms with E-state index in [1.807, 2.05) is 48.5 Å². The van der Waals surface area contributed by atoms with Gasteiger partial charge in [-0.05, 0) is 41.8 Å². The van der Waals surface area contributed by atoms with Crippen LogP contribution in [0, 0.1) is 0 Å². The number of nitrogens with one attached hydrogen (secondary N) is 2. The number of aromatic nitrogens is 1. The van der Waals surface area contributed by atoms with Crippen LogP contribution in [0.2, 0.25) is 0 Å². The molecule has 0 unspecified atom stereocenters. The first-order chi connectivity index (χ1) is 11.9. The smallest absolute Gasteiger partial charge is 0.265 e. The topological polar surface area (TPSA) is 44.9 Å². The minimum Gasteiger partial charge on any atom is -0.358 e. The first-order valence-electron chi connectivity index (χ1n) is 8.33. The normalized spacial score (nSPS) is 12.0. The summed E-state index contributed by atoms with van der Waals surface area (Å²) in [6, 6.07) is 18.1. The zero-order chi connectivity index (χ0) is 17.6. The van der Waals surface area contributed by atoms with Crippen molar-refractivity contribution in [2.75, 3.05) is 5.32 Å². The fraction of sp³-hybridized carbons (Fsp3) is 0.190. The summed E-state index contributed by atoms with van der Waals surface area (Å²) in [6.45, 7) is 6.55. The molecule has 3 nitrogen and oxygen atoms in total. The van der Waals surface area contributed by atoms with Crippen molar-refractivity contribution in [3.63, 3.8) is 0 Å². The summed E-state index contributed by atoms with van der Waals surface area (Å²) in [5.74, 6) is -0.0628. The lowest BCUT2D eigenvalue weighted by molar-refractivity contribution is 0.103. The van der Waals surface area contributed by atoms with E-state index >= 15 is 0 Å². The zero-order valence-corrected chi connectivity index (χ0v) is 15.3. The maximum absolute atomic E-state index is 12.6. The van der Waals surface area contributed by atoms with E-state index in [2.05, 4.69) is 37.1 Å². The quantitative estimate of drug-likeness (QED) is 0.463. The van der Waals surface area contributed by atoms with Gasteiger partial charge >= 0.3 is 0 Å². The van der Waals surface area contributed by atoms with Crippen LogP contribution in [-0.2, 0) is 5.41 Å². The van der Waals surface area contributed by atoms with Crippen LogP contribution in [0.4, 0.5) is 5.69 Å². The number of rotatable bonds is 2. The number of anilines is 1. The molecule has 4 rings (SSSR count). The van der Waals surface area contributed by atoms with Crippen molar-refractivity contribution in [1.29, 1.82) is 0 Å². The summed E-state index contributed by atoms with van der Waals surface area (Å²) < 4.78 is 1.13. The minimum atomic E-state index is -0.0628. The van der Waals surface area contributed by atoms with E-state index in [1.54, 1.807) is 0 Å². The number of hydrogen-bond acceptors (Lipinski definition) is 2. The molecular weight excluding hydrogens is 328 g/mol. The van der Waals surface area contributed by atoms with Gasteiger partial charge in [-0.1, -0.05) is 39.0 Å². The van der Waals surface area contributed by atoms with Crippen molar-refractivity contribution >= 4 is 43.9 Å². The Morgan fingerprint density at radius 2 is 1.80 bits per heavy atom. The fourth-order valence-corrected chi connectivity index (χ4v) is 3.86. The standard InChI is InChI=1S/C21H20N2OS/c1-21(2,3)19-12-14-10-15(8-9-16(14)23-19)22-20(24)18-11-13-6-4-5-7-17(13)25-18/h4-12,23H,1-3H3,(H,22,24). The Balaban J connectivity index is 1.62. The van der Waals surface area contributed by atoms with Crippen LogP contribution in [0.5, 0.6) is 0 Å². The van der Waals surface area contributed by atoms with Gasteiger partial charge < -0.3 is 10.3 Å². The molecule has 0 aliphatic carbocycles. The Morgan fingerprint density at radius 3 is 2.56 bits per heavy atom. The largest absolute Gasteiger partial charge is 0.358 e. The van der Waals surface area contributed by atoms with E-state index in [0.717, 1.165) is 31.6 Å². The molecule has 0 bridgehead atoms. The molecule has 1 amide bonds. The monoisotopic (exact) mass is 348 g/mol. The SMILES string of the molecule is CC(C)(C)c1cc2cc(NC(=O)c3cc4ccccc4s3)ccc2[nH]1. The van der Waals surface area contributed by atoms with Gasteiger partial charge in [-0.2, -0.15) is 0 Å². The molecule has 4 heteroatoms. The average molecular weight is 348 g/mol. The second-order valence-electron chi connectivity index (χ2n) is 7.34. The predicted molar refractivity (Wildman–Crippen MR) is 107 cm³/mol. The number of carbonyl (C=O) groups excluding carboxylic acids is 1. The molecule has 0 aliphatic rings. The molecule has 0 saturated heterocycles. The number of aromatic amines is 1. The number of thiophene rings is 1. The number of hydrogen-bond donors (Lipinski definition) is 2. The third-order valence-electron chi connectivity index (χ3n) is 4.34. The van der Waals surface area contributed by atoms with Gasteiger partial charge in [-0.15, -0.1) is 11.3 Å². The summed E-state index contributed by atoms with van der Waals surface area (Å²) in [5.41, 5.74) is 3.16. The van der Waals surface area contributed by atoms with Gasteiger partial charge in [0.1, 0.15) is 0 Å². The molecule has 0 spiro atoms. The van der Waals surface area contributed by atoms with Crippen LogP contribution < -0.4 is 5.32 Å². The highest BCUT2D eigenvalue weighted by molar-refractivity contribution is 7.20. The van der Waals surface area contributed by atoms with Crippen LogP contribution in [0.3, 0.4) is 0 Å². The van der Waals surface area contributed by atoms with Crippen molar-refractivity contribution in [2.45, 2.75) is 26.2 Å². The maximum atomic E-state index is 12.6. The lowest BCUT2D eigenvalue weighted by Crippen LogP contribution is -2.10. The van der Waals surface area contributed by atoms with E-state index in [-0.39, 0.29) is 11.3 Å². The van der Waals surface area contributed by atoms with Gasteiger partial charge in [0.25, 0.3) is 5.91 Å². The third kappa shape index (κ3) is 3.05. The van der Waals surface area contributed by atoms with E-state index in [0.29, 0.717) is 0 Å². The fourth-order valence-electron chi connectivity index (χ4n) is 2.90. The molecular formula is C21H20N2OS. The molecule has 2 aromatic carbocycles. The van der Waals surface area contributed by atoms with Crippen LogP contribution in [0.25, 0.3) is 21.0 Å². The Labute approximate surface area is 150 Å². The summed E-state index contributed by atoms with van der Waals surface area (Å²) in [6.07, 6.45) is 0. The lowest BCUT2D eigenvalue weighted by atomic mass is 9.92. The zero-order valence-electron chi connectivity index (χ0n) is 14.5. The molecule has 126 valence electrons. The van der Waals surface area contributed by atoms with Gasteiger partial charge in [0.2, 0.25) is 0 Å². The van der Waals surface area contributed by atoms with Gasteiger partial charge in [0.05, 0.1) is 4.88 Å². The predicted octanol–water partition coefficient (Wildman–Crippen LogP) is 5.93. The summed E-state index contributed by atoms with van der Waals surface area (Å²) in [5, 5.41) is 5.23. The molecule has 4 aromatic rings. The lowest BCUT2D eigenvalue weighted by Gasteiger charge is -2.15. The number of amides is 1. The van der Waals surface area contributed by atoms with Crippen molar-refractivity contribution in [2.24, 2.45) is 0 Å². The molecule has 0 saturated carbocycles. The Hall–Kier alpha value is -2.59. The molecule has 0 atom stereocenters. The molecule has 0 fully saturated rings. The highest BCUT2D eigenvalue weighted by atomic mass is 32.1.